The molecule has 1 aromatic rings. The molecule has 4 heteroatoms. The fourth-order valence-corrected chi connectivity index (χ4v) is 2.05. The van der Waals surface area contributed by atoms with E-state index in [1.807, 2.05) is 38.1 Å². The second-order valence-corrected chi connectivity index (χ2v) is 4.74. The summed E-state index contributed by atoms with van der Waals surface area (Å²) >= 11 is 0. The highest BCUT2D eigenvalue weighted by Crippen LogP contribution is 2.19. The van der Waals surface area contributed by atoms with E-state index in [4.69, 9.17) is 4.74 Å². The van der Waals surface area contributed by atoms with Crippen molar-refractivity contribution < 1.29 is 9.53 Å². The molecule has 0 bridgehead atoms. The molecule has 0 aliphatic carbocycles. The van der Waals surface area contributed by atoms with Crippen LogP contribution in [-0.4, -0.2) is 18.7 Å². The van der Waals surface area contributed by atoms with Gasteiger partial charge in [-0.1, -0.05) is 19.1 Å². The second-order valence-electron chi connectivity index (χ2n) is 4.74. The number of aryl methyl sites for hydroxylation is 1. The van der Waals surface area contributed by atoms with Gasteiger partial charge in [-0.25, -0.2) is 5.43 Å². The molecule has 1 amide bonds. The van der Waals surface area contributed by atoms with Gasteiger partial charge in [-0.05, 0) is 36.3 Å². The lowest BCUT2D eigenvalue weighted by Crippen LogP contribution is -2.30. The Morgan fingerprint density at radius 2 is 2.21 bits per heavy atom. The minimum atomic E-state index is -0.0232. The highest BCUT2D eigenvalue weighted by atomic mass is 16.5. The molecule has 1 atom stereocenters. The molecule has 1 unspecified atom stereocenters. The van der Waals surface area contributed by atoms with Gasteiger partial charge < -0.3 is 4.74 Å². The van der Waals surface area contributed by atoms with E-state index < -0.39 is 0 Å². The lowest BCUT2D eigenvalue weighted by molar-refractivity contribution is -0.121. The third-order valence-corrected chi connectivity index (χ3v) is 3.17. The number of ether oxygens (including phenoxy) is 1. The molecule has 0 saturated heterocycles. The normalized spacial score (nSPS) is 19.2. The van der Waals surface area contributed by atoms with Crippen LogP contribution >= 0.6 is 0 Å². The number of hydrogen-bond acceptors (Lipinski definition) is 3. The van der Waals surface area contributed by atoms with E-state index in [9.17, 15) is 4.79 Å². The highest BCUT2D eigenvalue weighted by Gasteiger charge is 2.17. The van der Waals surface area contributed by atoms with Gasteiger partial charge in [-0.3, -0.25) is 4.79 Å². The SMILES string of the molecule is COc1ccc(C=CC2=NNC(=O)CC2C)cc1C. The van der Waals surface area contributed by atoms with Crippen LogP contribution in [0.2, 0.25) is 0 Å². The first kappa shape index (κ1) is 13.3. The average molecular weight is 258 g/mol. The maximum absolute atomic E-state index is 11.2. The van der Waals surface area contributed by atoms with Crippen molar-refractivity contribution in [3.05, 3.63) is 35.4 Å². The summed E-state index contributed by atoms with van der Waals surface area (Å²) in [4.78, 5) is 11.2. The van der Waals surface area contributed by atoms with Crippen LogP contribution < -0.4 is 10.2 Å². The van der Waals surface area contributed by atoms with E-state index in [-0.39, 0.29) is 11.8 Å². The first-order valence-electron chi connectivity index (χ1n) is 6.29. The number of nitrogens with one attached hydrogen (secondary N) is 1. The number of carbonyl (C=O) groups excluding carboxylic acids is 1. The maximum Gasteiger partial charge on any atom is 0.240 e. The molecule has 0 saturated carbocycles. The zero-order valence-electron chi connectivity index (χ0n) is 11.4. The van der Waals surface area contributed by atoms with Gasteiger partial charge >= 0.3 is 0 Å². The van der Waals surface area contributed by atoms with E-state index in [0.29, 0.717) is 6.42 Å². The summed E-state index contributed by atoms with van der Waals surface area (Å²) in [6.07, 6.45) is 4.44. The molecule has 0 spiro atoms. The summed E-state index contributed by atoms with van der Waals surface area (Å²) in [7, 11) is 1.67. The fourth-order valence-electron chi connectivity index (χ4n) is 2.05. The quantitative estimate of drug-likeness (QED) is 0.905. The predicted molar refractivity (Wildman–Crippen MR) is 76.1 cm³/mol. The van der Waals surface area contributed by atoms with Gasteiger partial charge in [0, 0.05) is 12.3 Å². The molecular formula is C15H18N2O2. The predicted octanol–water partition coefficient (Wildman–Crippen LogP) is 2.53. The summed E-state index contributed by atoms with van der Waals surface area (Å²) in [5, 5.41) is 4.07. The maximum atomic E-state index is 11.2. The monoisotopic (exact) mass is 258 g/mol. The molecule has 1 aliphatic heterocycles. The van der Waals surface area contributed by atoms with Gasteiger partial charge in [0.05, 0.1) is 12.8 Å². The minimum absolute atomic E-state index is 0.0232. The summed E-state index contributed by atoms with van der Waals surface area (Å²) in [5.74, 6) is 1.02. The van der Waals surface area contributed by atoms with Crippen LogP contribution in [0.25, 0.3) is 6.08 Å². The number of benzene rings is 1. The number of carbonyl (C=O) groups is 1. The van der Waals surface area contributed by atoms with Crippen molar-refractivity contribution in [3.8, 4) is 5.75 Å². The van der Waals surface area contributed by atoms with Crippen LogP contribution in [0.5, 0.6) is 5.75 Å². The summed E-state index contributed by atoms with van der Waals surface area (Å²) in [5.41, 5.74) is 5.58. The van der Waals surface area contributed by atoms with Crippen LogP contribution in [0.1, 0.15) is 24.5 Å². The Bertz CT molecular complexity index is 547. The van der Waals surface area contributed by atoms with Gasteiger partial charge in [0.15, 0.2) is 0 Å². The first-order valence-corrected chi connectivity index (χ1v) is 6.29. The van der Waals surface area contributed by atoms with Gasteiger partial charge in [-0.15, -0.1) is 0 Å². The van der Waals surface area contributed by atoms with Crippen molar-refractivity contribution in [1.29, 1.82) is 0 Å². The van der Waals surface area contributed by atoms with Crippen molar-refractivity contribution in [2.24, 2.45) is 11.0 Å². The second kappa shape index (κ2) is 5.69. The Morgan fingerprint density at radius 1 is 1.42 bits per heavy atom. The Kier molecular flexibility index (Phi) is 4.00. The standard InChI is InChI=1S/C15H18N2O2/c1-10-9-15(18)17-16-13(10)6-4-12-5-7-14(19-3)11(2)8-12/h4-8,10H,9H2,1-3H3,(H,17,18). The van der Waals surface area contributed by atoms with Crippen molar-refractivity contribution >= 4 is 17.7 Å². The van der Waals surface area contributed by atoms with Crippen LogP contribution in [0.3, 0.4) is 0 Å². The van der Waals surface area contributed by atoms with E-state index in [0.717, 1.165) is 22.6 Å². The molecule has 0 radical (unpaired) electrons. The van der Waals surface area contributed by atoms with Gasteiger partial charge in [-0.2, -0.15) is 5.10 Å². The van der Waals surface area contributed by atoms with Crippen molar-refractivity contribution in [2.75, 3.05) is 7.11 Å². The molecule has 1 heterocycles. The molecule has 0 fully saturated rings. The Balaban J connectivity index is 2.14. The lowest BCUT2D eigenvalue weighted by Gasteiger charge is -2.16. The number of rotatable bonds is 3. The molecule has 0 aromatic heterocycles. The molecule has 1 aliphatic rings. The molecular weight excluding hydrogens is 240 g/mol. The van der Waals surface area contributed by atoms with E-state index >= 15 is 0 Å². The van der Waals surface area contributed by atoms with Gasteiger partial charge in [0.2, 0.25) is 5.91 Å². The summed E-state index contributed by atoms with van der Waals surface area (Å²) < 4.78 is 5.23. The van der Waals surface area contributed by atoms with Crippen LogP contribution in [-0.2, 0) is 4.79 Å². The van der Waals surface area contributed by atoms with Crippen LogP contribution in [0.15, 0.2) is 29.4 Å². The third kappa shape index (κ3) is 3.22. The number of amides is 1. The van der Waals surface area contributed by atoms with E-state index in [1.165, 1.54) is 0 Å². The molecule has 2 rings (SSSR count). The van der Waals surface area contributed by atoms with Crippen LogP contribution in [0, 0.1) is 12.8 Å². The third-order valence-electron chi connectivity index (χ3n) is 3.17. The van der Waals surface area contributed by atoms with E-state index in [1.54, 1.807) is 7.11 Å². The molecule has 19 heavy (non-hydrogen) atoms. The van der Waals surface area contributed by atoms with Gasteiger partial charge in [0.25, 0.3) is 0 Å². The number of hydrazone groups is 1. The number of methoxy groups -OCH3 is 1. The Morgan fingerprint density at radius 3 is 2.84 bits per heavy atom. The van der Waals surface area contributed by atoms with Crippen molar-refractivity contribution in [3.63, 3.8) is 0 Å². The smallest absolute Gasteiger partial charge is 0.240 e. The minimum Gasteiger partial charge on any atom is -0.496 e. The number of hydrogen-bond donors (Lipinski definition) is 1. The lowest BCUT2D eigenvalue weighted by atomic mass is 9.99. The molecule has 100 valence electrons. The molecule has 4 nitrogen and oxygen atoms in total. The number of allylic oxidation sites excluding steroid dienone is 1. The topological polar surface area (TPSA) is 50.7 Å². The average Bonchev–Trinajstić information content (AvgIpc) is 2.38. The largest absolute Gasteiger partial charge is 0.496 e. The van der Waals surface area contributed by atoms with Crippen LogP contribution in [0.4, 0.5) is 0 Å². The van der Waals surface area contributed by atoms with Gasteiger partial charge in [0.1, 0.15) is 5.75 Å². The molecule has 1 N–H and O–H groups in total. The van der Waals surface area contributed by atoms with E-state index in [2.05, 4.69) is 16.6 Å². The Labute approximate surface area is 113 Å². The zero-order chi connectivity index (χ0) is 13.8. The van der Waals surface area contributed by atoms with Crippen molar-refractivity contribution in [2.45, 2.75) is 20.3 Å². The summed E-state index contributed by atoms with van der Waals surface area (Å²) in [6, 6.07) is 6.00. The fraction of sp³-hybridized carbons (Fsp3) is 0.333. The molecule has 1 aromatic carbocycles. The zero-order valence-corrected chi connectivity index (χ0v) is 11.4. The van der Waals surface area contributed by atoms with Crippen molar-refractivity contribution in [1.82, 2.24) is 5.43 Å². The first-order chi connectivity index (χ1) is 9.10. The Hall–Kier alpha value is -2.10. The highest BCUT2D eigenvalue weighted by molar-refractivity contribution is 6.03. The number of nitrogens with zero attached hydrogens (tertiary/aromatic N) is 1. The summed E-state index contributed by atoms with van der Waals surface area (Å²) in [6.45, 7) is 4.01.